The molecule has 2 aromatic rings. The molecule has 2 fully saturated rings. The van der Waals surface area contributed by atoms with E-state index in [1.807, 2.05) is 0 Å². The summed E-state index contributed by atoms with van der Waals surface area (Å²) in [5.41, 5.74) is -2.31. The molecular weight excluding hydrogens is 458 g/mol. The van der Waals surface area contributed by atoms with Crippen molar-refractivity contribution in [2.45, 2.75) is 31.1 Å². The van der Waals surface area contributed by atoms with E-state index in [9.17, 15) is 37.1 Å². The van der Waals surface area contributed by atoms with Crippen LogP contribution in [0.3, 0.4) is 0 Å². The first-order valence-corrected chi connectivity index (χ1v) is 10.2. The third-order valence-electron chi connectivity index (χ3n) is 6.26. The third-order valence-corrected chi connectivity index (χ3v) is 6.26. The summed E-state index contributed by atoms with van der Waals surface area (Å²) < 4.78 is 53.2. The number of nitrogens with zero attached hydrogens (tertiary/aromatic N) is 3. The Morgan fingerprint density at radius 3 is 2.32 bits per heavy atom. The van der Waals surface area contributed by atoms with Crippen molar-refractivity contribution in [1.29, 1.82) is 5.26 Å². The molecule has 7 nitrogen and oxygen atoms in total. The van der Waals surface area contributed by atoms with Crippen molar-refractivity contribution >= 4 is 23.5 Å². The van der Waals surface area contributed by atoms with Gasteiger partial charge in [0.05, 0.1) is 28.8 Å². The van der Waals surface area contributed by atoms with Gasteiger partial charge in [-0.05, 0) is 48.7 Å². The molecule has 1 heterocycles. The second-order valence-electron chi connectivity index (χ2n) is 8.32. The molecule has 1 saturated carbocycles. The molecule has 4 rings (SSSR count). The number of rotatable bonds is 4. The van der Waals surface area contributed by atoms with E-state index in [1.54, 1.807) is 6.07 Å². The second-order valence-corrected chi connectivity index (χ2v) is 8.32. The number of aliphatic carboxylic acids is 1. The number of carbonyl (C=O) groups excluding carboxylic acids is 2. The Kier molecular flexibility index (Phi) is 5.55. The van der Waals surface area contributed by atoms with Gasteiger partial charge in [-0.25, -0.2) is 4.39 Å². The van der Waals surface area contributed by atoms with Crippen molar-refractivity contribution in [1.82, 2.24) is 4.90 Å². The van der Waals surface area contributed by atoms with Crippen LogP contribution in [0.15, 0.2) is 42.5 Å². The van der Waals surface area contributed by atoms with Gasteiger partial charge >= 0.3 is 12.1 Å². The summed E-state index contributed by atoms with van der Waals surface area (Å²) in [4.78, 5) is 40.1. The fourth-order valence-corrected chi connectivity index (χ4v) is 4.43. The summed E-state index contributed by atoms with van der Waals surface area (Å²) in [7, 11) is 0. The molecule has 0 atom stereocenters. The van der Waals surface area contributed by atoms with E-state index < -0.39 is 53.3 Å². The van der Waals surface area contributed by atoms with Crippen molar-refractivity contribution in [3.8, 4) is 6.07 Å². The molecule has 1 spiro atoms. The molecule has 0 unspecified atom stereocenters. The summed E-state index contributed by atoms with van der Waals surface area (Å²) in [6.45, 7) is -0.749. The van der Waals surface area contributed by atoms with Crippen LogP contribution >= 0.6 is 0 Å². The Morgan fingerprint density at radius 2 is 1.79 bits per heavy atom. The normalized spacial score (nSPS) is 22.5. The van der Waals surface area contributed by atoms with E-state index >= 15 is 0 Å². The smallest absolute Gasteiger partial charge is 0.416 e. The van der Waals surface area contributed by atoms with E-state index in [-0.39, 0.29) is 30.6 Å². The molecule has 2 aromatic carbocycles. The fraction of sp³-hybridized carbons (Fsp3) is 0.304. The highest BCUT2D eigenvalue weighted by Crippen LogP contribution is 2.47. The lowest BCUT2D eigenvalue weighted by atomic mass is 9.65. The number of halogens is 4. The van der Waals surface area contributed by atoms with Crippen LogP contribution in [0, 0.1) is 23.1 Å². The van der Waals surface area contributed by atoms with Gasteiger partial charge in [0.1, 0.15) is 17.9 Å². The van der Waals surface area contributed by atoms with Crippen LogP contribution in [0.2, 0.25) is 0 Å². The predicted octanol–water partition coefficient (Wildman–Crippen LogP) is 3.32. The van der Waals surface area contributed by atoms with Crippen LogP contribution in [-0.4, -0.2) is 39.9 Å². The first kappa shape index (κ1) is 23.2. The molecule has 0 aromatic heterocycles. The lowest BCUT2D eigenvalue weighted by Crippen LogP contribution is -2.73. The Bertz CT molecular complexity index is 1210. The number of carboxylic acids is 1. The zero-order chi connectivity index (χ0) is 24.8. The summed E-state index contributed by atoms with van der Waals surface area (Å²) in [6.07, 6.45) is -4.95. The molecule has 1 saturated heterocycles. The van der Waals surface area contributed by atoms with Crippen LogP contribution in [0.25, 0.3) is 0 Å². The van der Waals surface area contributed by atoms with E-state index in [4.69, 9.17) is 5.26 Å². The van der Waals surface area contributed by atoms with Gasteiger partial charge in [-0.15, -0.1) is 0 Å². The number of piperazine rings is 1. The first-order chi connectivity index (χ1) is 16.0. The van der Waals surface area contributed by atoms with Gasteiger partial charge in [0, 0.05) is 6.54 Å². The maximum Gasteiger partial charge on any atom is 0.416 e. The van der Waals surface area contributed by atoms with Gasteiger partial charge in [0.25, 0.3) is 5.91 Å². The number of amides is 2. The van der Waals surface area contributed by atoms with Crippen molar-refractivity contribution in [3.63, 3.8) is 0 Å². The van der Waals surface area contributed by atoms with E-state index in [0.717, 1.165) is 23.1 Å². The topological polar surface area (TPSA) is 102 Å². The quantitative estimate of drug-likeness (QED) is 0.684. The maximum atomic E-state index is 14.6. The minimum Gasteiger partial charge on any atom is -0.481 e. The Morgan fingerprint density at radius 1 is 1.15 bits per heavy atom. The minimum atomic E-state index is -4.54. The monoisotopic (exact) mass is 475 g/mol. The molecule has 34 heavy (non-hydrogen) atoms. The summed E-state index contributed by atoms with van der Waals surface area (Å²) in [5.74, 6) is -4.23. The molecular formula is C23H17F4N3O4. The Hall–Kier alpha value is -3.94. The maximum absolute atomic E-state index is 14.6. The predicted molar refractivity (Wildman–Crippen MR) is 109 cm³/mol. The van der Waals surface area contributed by atoms with Crippen LogP contribution in [0.1, 0.15) is 29.5 Å². The van der Waals surface area contributed by atoms with Crippen LogP contribution in [0.5, 0.6) is 0 Å². The van der Waals surface area contributed by atoms with Crippen molar-refractivity contribution in [2.24, 2.45) is 5.92 Å². The zero-order valence-electron chi connectivity index (χ0n) is 17.5. The molecule has 1 aliphatic carbocycles. The number of hydrogen-bond donors (Lipinski definition) is 1. The standard InChI is InChI=1S/C23H17F4N3O4/c24-17-7-14(10-28)3-6-18(17)29-12-19(31)30(22(21(29)34)8-15(9-22)20(32)33)11-13-1-4-16(5-2-13)23(25,26)27/h1-7,15H,8-9,11-12H2,(H,32,33)/t15-,22-. The molecule has 2 amide bonds. The van der Waals surface area contributed by atoms with E-state index in [1.165, 1.54) is 29.2 Å². The highest BCUT2D eigenvalue weighted by Gasteiger charge is 2.61. The van der Waals surface area contributed by atoms with Crippen molar-refractivity contribution in [3.05, 3.63) is 65.0 Å². The average Bonchev–Trinajstić information content (AvgIpc) is 2.74. The second kappa shape index (κ2) is 8.13. The molecule has 0 radical (unpaired) electrons. The first-order valence-electron chi connectivity index (χ1n) is 10.2. The van der Waals surface area contributed by atoms with E-state index in [0.29, 0.717) is 5.56 Å². The van der Waals surface area contributed by atoms with Gasteiger partial charge in [-0.2, -0.15) is 18.4 Å². The number of hydrogen-bond acceptors (Lipinski definition) is 4. The molecule has 0 bridgehead atoms. The van der Waals surface area contributed by atoms with Gasteiger partial charge in [0.15, 0.2) is 0 Å². The third kappa shape index (κ3) is 3.85. The summed E-state index contributed by atoms with van der Waals surface area (Å²) >= 11 is 0. The number of carbonyl (C=O) groups is 3. The lowest BCUT2D eigenvalue weighted by Gasteiger charge is -2.56. The molecule has 1 N–H and O–H groups in total. The van der Waals surface area contributed by atoms with Gasteiger partial charge in [0.2, 0.25) is 5.91 Å². The fourth-order valence-electron chi connectivity index (χ4n) is 4.43. The highest BCUT2D eigenvalue weighted by molar-refractivity contribution is 6.10. The summed E-state index contributed by atoms with van der Waals surface area (Å²) in [6, 6.07) is 9.28. The van der Waals surface area contributed by atoms with Crippen LogP contribution in [-0.2, 0) is 27.1 Å². The lowest BCUT2D eigenvalue weighted by molar-refractivity contribution is -0.169. The summed E-state index contributed by atoms with van der Waals surface area (Å²) in [5, 5.41) is 18.3. The van der Waals surface area contributed by atoms with Crippen LogP contribution in [0.4, 0.5) is 23.2 Å². The number of nitriles is 1. The zero-order valence-corrected chi connectivity index (χ0v) is 17.5. The average molecular weight is 475 g/mol. The molecule has 1 aliphatic heterocycles. The molecule has 2 aliphatic rings. The molecule has 11 heteroatoms. The number of carboxylic acid groups (broad SMARTS) is 1. The Labute approximate surface area is 190 Å². The van der Waals surface area contributed by atoms with Crippen molar-refractivity contribution in [2.75, 3.05) is 11.4 Å². The highest BCUT2D eigenvalue weighted by atomic mass is 19.4. The van der Waals surface area contributed by atoms with Gasteiger partial charge in [-0.3, -0.25) is 19.3 Å². The van der Waals surface area contributed by atoms with Crippen molar-refractivity contribution < 1.29 is 37.1 Å². The number of anilines is 1. The van der Waals surface area contributed by atoms with Crippen LogP contribution < -0.4 is 4.90 Å². The molecule has 176 valence electrons. The van der Waals surface area contributed by atoms with Gasteiger partial charge < -0.3 is 10.0 Å². The minimum absolute atomic E-state index is 0.0188. The largest absolute Gasteiger partial charge is 0.481 e. The number of alkyl halides is 3. The van der Waals surface area contributed by atoms with Gasteiger partial charge in [-0.1, -0.05) is 12.1 Å². The van der Waals surface area contributed by atoms with E-state index in [2.05, 4.69) is 0 Å². The SMILES string of the molecule is N#Cc1ccc(N2CC(=O)N(Cc3ccc(C(F)(F)F)cc3)[C@]3(C[C@H](C(=O)O)C3)C2=O)c(F)c1. The number of benzene rings is 2. The Balaban J connectivity index is 1.67.